The molecule has 0 spiro atoms. The third-order valence-electron chi connectivity index (χ3n) is 3.94. The minimum Gasteiger partial charge on any atom is -0.374 e. The maximum absolute atomic E-state index is 3.58. The van der Waals surface area contributed by atoms with Crippen molar-refractivity contribution in [3.8, 4) is 0 Å². The fourth-order valence-electron chi connectivity index (χ4n) is 2.49. The van der Waals surface area contributed by atoms with Gasteiger partial charge in [-0.15, -0.1) is 0 Å². The number of nitrogens with zero attached hydrogens (tertiary/aromatic N) is 1. The lowest BCUT2D eigenvalue weighted by atomic mass is 10.1. The van der Waals surface area contributed by atoms with Crippen LogP contribution >= 0.6 is 15.9 Å². The topological polar surface area (TPSA) is 15.3 Å². The summed E-state index contributed by atoms with van der Waals surface area (Å²) in [5, 5.41) is 3.51. The minimum atomic E-state index is 0.514. The predicted molar refractivity (Wildman–Crippen MR) is 86.7 cm³/mol. The Morgan fingerprint density at radius 1 is 1.42 bits per heavy atom. The Hall–Kier alpha value is -0.540. The van der Waals surface area contributed by atoms with Crippen LogP contribution in [0, 0.1) is 11.8 Å². The van der Waals surface area contributed by atoms with E-state index in [1.165, 1.54) is 24.2 Å². The van der Waals surface area contributed by atoms with Crippen molar-refractivity contribution < 1.29 is 0 Å². The van der Waals surface area contributed by atoms with Crippen molar-refractivity contribution >= 4 is 21.6 Å². The van der Waals surface area contributed by atoms with Crippen LogP contribution in [0.5, 0.6) is 0 Å². The summed E-state index contributed by atoms with van der Waals surface area (Å²) in [6.07, 6.45) is 1.39. The largest absolute Gasteiger partial charge is 0.374 e. The van der Waals surface area contributed by atoms with E-state index in [1.807, 2.05) is 0 Å². The van der Waals surface area contributed by atoms with E-state index in [-0.39, 0.29) is 0 Å². The highest BCUT2D eigenvalue weighted by atomic mass is 79.9. The summed E-state index contributed by atoms with van der Waals surface area (Å²) in [4.78, 5) is 2.41. The van der Waals surface area contributed by atoms with Gasteiger partial charge in [-0.3, -0.25) is 0 Å². The Balaban J connectivity index is 2.08. The molecule has 0 heterocycles. The maximum atomic E-state index is 3.58. The lowest BCUT2D eigenvalue weighted by molar-refractivity contribution is 0.587. The molecule has 2 atom stereocenters. The second-order valence-electron chi connectivity index (χ2n) is 6.16. The molecule has 2 unspecified atom stereocenters. The van der Waals surface area contributed by atoms with Crippen LogP contribution in [0.25, 0.3) is 0 Å². The third kappa shape index (κ3) is 4.22. The molecule has 1 aromatic rings. The summed E-state index contributed by atoms with van der Waals surface area (Å²) in [7, 11) is 2.22. The van der Waals surface area contributed by atoms with Crippen LogP contribution in [0.2, 0.25) is 0 Å². The van der Waals surface area contributed by atoms with Gasteiger partial charge in [-0.05, 0) is 42.0 Å². The van der Waals surface area contributed by atoms with Crippen LogP contribution in [-0.2, 0) is 6.54 Å². The molecule has 0 saturated heterocycles. The molecule has 1 aliphatic carbocycles. The van der Waals surface area contributed by atoms with Crippen molar-refractivity contribution in [2.24, 2.45) is 11.8 Å². The number of anilines is 1. The van der Waals surface area contributed by atoms with E-state index in [1.54, 1.807) is 0 Å². The number of hydrogen-bond donors (Lipinski definition) is 1. The predicted octanol–water partition coefficient (Wildman–Crippen LogP) is 4.04. The summed E-state index contributed by atoms with van der Waals surface area (Å²) in [6.45, 7) is 8.83. The van der Waals surface area contributed by atoms with Gasteiger partial charge in [0.15, 0.2) is 0 Å². The molecule has 0 amide bonds. The highest BCUT2D eigenvalue weighted by molar-refractivity contribution is 9.10. The van der Waals surface area contributed by atoms with Crippen molar-refractivity contribution in [1.29, 1.82) is 0 Å². The SMILES string of the molecule is CC(C)NCc1cc(Br)ccc1N(C)CC1CC1C. The maximum Gasteiger partial charge on any atom is 0.0410 e. The van der Waals surface area contributed by atoms with Gasteiger partial charge >= 0.3 is 0 Å². The number of halogens is 1. The first-order chi connectivity index (χ1) is 8.97. The highest BCUT2D eigenvalue weighted by Crippen LogP contribution is 2.39. The number of hydrogen-bond acceptors (Lipinski definition) is 2. The molecule has 1 saturated carbocycles. The van der Waals surface area contributed by atoms with Gasteiger partial charge in [0.1, 0.15) is 0 Å². The number of nitrogens with one attached hydrogen (secondary N) is 1. The monoisotopic (exact) mass is 324 g/mol. The van der Waals surface area contributed by atoms with Gasteiger partial charge < -0.3 is 10.2 Å². The molecular formula is C16H25BrN2. The Morgan fingerprint density at radius 3 is 2.68 bits per heavy atom. The molecule has 2 nitrogen and oxygen atoms in total. The van der Waals surface area contributed by atoms with E-state index in [2.05, 4.69) is 72.2 Å². The Labute approximate surface area is 125 Å². The van der Waals surface area contributed by atoms with Gasteiger partial charge in [-0.1, -0.05) is 36.7 Å². The Kier molecular flexibility index (Phi) is 4.91. The summed E-state index contributed by atoms with van der Waals surface area (Å²) in [5.74, 6) is 1.80. The van der Waals surface area contributed by atoms with Crippen LogP contribution < -0.4 is 10.2 Å². The standard InChI is InChI=1S/C16H25BrN2/c1-11(2)18-9-13-8-15(17)5-6-16(13)19(4)10-14-7-12(14)3/h5-6,8,11-12,14,18H,7,9-10H2,1-4H3. The molecule has 19 heavy (non-hydrogen) atoms. The molecular weight excluding hydrogens is 300 g/mol. The van der Waals surface area contributed by atoms with Crippen molar-refractivity contribution in [3.63, 3.8) is 0 Å². The molecule has 0 aromatic heterocycles. The molecule has 0 bridgehead atoms. The van der Waals surface area contributed by atoms with Gasteiger partial charge in [0, 0.05) is 36.3 Å². The second-order valence-corrected chi connectivity index (χ2v) is 7.08. The normalized spacial score (nSPS) is 21.8. The van der Waals surface area contributed by atoms with Crippen LogP contribution in [0.15, 0.2) is 22.7 Å². The summed E-state index contributed by atoms with van der Waals surface area (Å²) >= 11 is 3.58. The quantitative estimate of drug-likeness (QED) is 0.849. The van der Waals surface area contributed by atoms with Crippen LogP contribution in [0.4, 0.5) is 5.69 Å². The first-order valence-corrected chi connectivity index (χ1v) is 7.99. The fourth-order valence-corrected chi connectivity index (χ4v) is 2.89. The van der Waals surface area contributed by atoms with Crippen molar-refractivity contribution in [3.05, 3.63) is 28.2 Å². The van der Waals surface area contributed by atoms with Crippen molar-refractivity contribution in [1.82, 2.24) is 5.32 Å². The van der Waals surface area contributed by atoms with E-state index in [4.69, 9.17) is 0 Å². The molecule has 3 heteroatoms. The average Bonchev–Trinajstić information content (AvgIpc) is 3.02. The average molecular weight is 325 g/mol. The summed E-state index contributed by atoms with van der Waals surface area (Å²) in [5.41, 5.74) is 2.73. The van der Waals surface area contributed by atoms with Crippen LogP contribution in [0.3, 0.4) is 0 Å². The first kappa shape index (κ1) is 14.9. The lowest BCUT2D eigenvalue weighted by Crippen LogP contribution is -2.26. The summed E-state index contributed by atoms with van der Waals surface area (Å²) < 4.78 is 1.16. The smallest absolute Gasteiger partial charge is 0.0410 e. The zero-order valence-electron chi connectivity index (χ0n) is 12.4. The zero-order valence-corrected chi connectivity index (χ0v) is 14.0. The molecule has 1 fully saturated rings. The number of rotatable bonds is 6. The Morgan fingerprint density at radius 2 is 2.11 bits per heavy atom. The van der Waals surface area contributed by atoms with E-state index >= 15 is 0 Å². The second kappa shape index (κ2) is 6.27. The van der Waals surface area contributed by atoms with Crippen LogP contribution in [0.1, 0.15) is 32.8 Å². The first-order valence-electron chi connectivity index (χ1n) is 7.20. The lowest BCUT2D eigenvalue weighted by Gasteiger charge is -2.23. The molecule has 2 rings (SSSR count). The Bertz CT molecular complexity index is 431. The van der Waals surface area contributed by atoms with E-state index in [9.17, 15) is 0 Å². The zero-order chi connectivity index (χ0) is 14.0. The van der Waals surface area contributed by atoms with E-state index in [0.29, 0.717) is 6.04 Å². The van der Waals surface area contributed by atoms with E-state index < -0.39 is 0 Å². The van der Waals surface area contributed by atoms with E-state index in [0.717, 1.165) is 22.9 Å². The molecule has 1 N–H and O–H groups in total. The van der Waals surface area contributed by atoms with Gasteiger partial charge in [0.25, 0.3) is 0 Å². The molecule has 1 aromatic carbocycles. The minimum absolute atomic E-state index is 0.514. The van der Waals surface area contributed by atoms with Crippen molar-refractivity contribution in [2.45, 2.75) is 39.8 Å². The highest BCUT2D eigenvalue weighted by Gasteiger charge is 2.33. The number of benzene rings is 1. The van der Waals surface area contributed by atoms with Gasteiger partial charge in [-0.25, -0.2) is 0 Å². The molecule has 0 aliphatic heterocycles. The summed E-state index contributed by atoms with van der Waals surface area (Å²) in [6, 6.07) is 7.12. The molecule has 106 valence electrons. The van der Waals surface area contributed by atoms with Gasteiger partial charge in [0.05, 0.1) is 0 Å². The molecule has 1 aliphatic rings. The molecule has 0 radical (unpaired) electrons. The van der Waals surface area contributed by atoms with Crippen LogP contribution in [-0.4, -0.2) is 19.6 Å². The fraction of sp³-hybridized carbons (Fsp3) is 0.625. The van der Waals surface area contributed by atoms with Crippen molar-refractivity contribution in [2.75, 3.05) is 18.5 Å². The van der Waals surface area contributed by atoms with Gasteiger partial charge in [-0.2, -0.15) is 0 Å². The third-order valence-corrected chi connectivity index (χ3v) is 4.43. The van der Waals surface area contributed by atoms with Gasteiger partial charge in [0.2, 0.25) is 0 Å².